The molecular formula is C25H31N5O4S2. The standard InChI is InChI=1S/C25H31N5O4S2/c1-15-19(12-17-13-27-25(26)28-23(17)34-2)20(15)14-30-9-4-3-5-21(24(30)31)29-36(32,33)18-6-7-22-16(11-18)8-10-35-22/h6-8,10-11,13,15,19-21,29H,3-5,9,12,14H2,1-2H3,(H2,26,27,28)/t15-,19-,20-,21-/m0/s1. The fourth-order valence-electron chi connectivity index (χ4n) is 5.27. The van der Waals surface area contributed by atoms with Crippen molar-refractivity contribution in [2.45, 2.75) is 43.5 Å². The van der Waals surface area contributed by atoms with E-state index in [1.807, 2.05) is 22.4 Å². The Bertz CT molecular complexity index is 1380. The van der Waals surface area contributed by atoms with Crippen molar-refractivity contribution in [1.29, 1.82) is 0 Å². The van der Waals surface area contributed by atoms with Gasteiger partial charge in [0.25, 0.3) is 0 Å². The topological polar surface area (TPSA) is 128 Å². The number of rotatable bonds is 8. The van der Waals surface area contributed by atoms with Crippen LogP contribution in [-0.4, -0.2) is 55.4 Å². The number of carbonyl (C=O) groups is 1. The summed E-state index contributed by atoms with van der Waals surface area (Å²) >= 11 is 1.57. The van der Waals surface area contributed by atoms with Gasteiger partial charge < -0.3 is 15.4 Å². The average Bonchev–Trinajstić information content (AvgIpc) is 3.26. The van der Waals surface area contributed by atoms with Crippen molar-refractivity contribution in [1.82, 2.24) is 19.6 Å². The van der Waals surface area contributed by atoms with Gasteiger partial charge in [0.05, 0.1) is 12.0 Å². The van der Waals surface area contributed by atoms with Crippen LogP contribution in [0.5, 0.6) is 5.88 Å². The molecule has 2 fully saturated rings. The van der Waals surface area contributed by atoms with Crippen molar-refractivity contribution in [3.8, 4) is 5.88 Å². The van der Waals surface area contributed by atoms with E-state index >= 15 is 0 Å². The number of ether oxygens (including phenoxy) is 1. The Balaban J connectivity index is 1.26. The molecule has 3 aromatic rings. The number of amides is 1. The number of anilines is 1. The molecule has 5 rings (SSSR count). The number of carbonyl (C=O) groups excluding carboxylic acids is 1. The summed E-state index contributed by atoms with van der Waals surface area (Å²) in [5, 5.41) is 2.82. The highest BCUT2D eigenvalue weighted by molar-refractivity contribution is 7.89. The van der Waals surface area contributed by atoms with Gasteiger partial charge in [0.2, 0.25) is 27.8 Å². The molecule has 11 heteroatoms. The summed E-state index contributed by atoms with van der Waals surface area (Å²) < 4.78 is 35.4. The lowest BCUT2D eigenvalue weighted by molar-refractivity contribution is -0.132. The number of hydrogen-bond acceptors (Lipinski definition) is 8. The third-order valence-corrected chi connectivity index (χ3v) is 9.86. The maximum absolute atomic E-state index is 13.4. The first-order chi connectivity index (χ1) is 17.3. The van der Waals surface area contributed by atoms with Crippen LogP contribution >= 0.6 is 11.3 Å². The molecular weight excluding hydrogens is 498 g/mol. The quantitative estimate of drug-likeness (QED) is 0.459. The molecule has 1 aliphatic heterocycles. The molecule has 0 spiro atoms. The van der Waals surface area contributed by atoms with Crippen LogP contribution in [0.3, 0.4) is 0 Å². The lowest BCUT2D eigenvalue weighted by Gasteiger charge is -2.25. The van der Waals surface area contributed by atoms with Gasteiger partial charge in [-0.2, -0.15) is 9.71 Å². The molecule has 0 bridgehead atoms. The SMILES string of the molecule is COc1nc(N)ncc1C[C@H]1[C@H](C)[C@@H]1CN1CCCC[C@H](NS(=O)(=O)c2ccc3sccc3c2)C1=O. The second kappa shape index (κ2) is 9.95. The first-order valence-electron chi connectivity index (χ1n) is 12.2. The highest BCUT2D eigenvalue weighted by atomic mass is 32.2. The van der Waals surface area contributed by atoms with Crippen molar-refractivity contribution < 1.29 is 17.9 Å². The number of hydrogen-bond donors (Lipinski definition) is 2. The van der Waals surface area contributed by atoms with E-state index in [-0.39, 0.29) is 16.8 Å². The predicted octanol–water partition coefficient (Wildman–Crippen LogP) is 3.07. The summed E-state index contributed by atoms with van der Waals surface area (Å²) in [5.74, 6) is 1.65. The smallest absolute Gasteiger partial charge is 0.241 e. The third-order valence-electron chi connectivity index (χ3n) is 7.50. The minimum atomic E-state index is -3.82. The summed E-state index contributed by atoms with van der Waals surface area (Å²) in [7, 11) is -2.25. The van der Waals surface area contributed by atoms with Gasteiger partial charge in [0.15, 0.2) is 0 Å². The second-order valence-corrected chi connectivity index (χ2v) is 12.4. The van der Waals surface area contributed by atoms with Crippen molar-refractivity contribution in [3.63, 3.8) is 0 Å². The molecule has 2 aliphatic rings. The minimum Gasteiger partial charge on any atom is -0.481 e. The van der Waals surface area contributed by atoms with Gasteiger partial charge in [0, 0.05) is 29.5 Å². The predicted molar refractivity (Wildman–Crippen MR) is 139 cm³/mol. The monoisotopic (exact) mass is 529 g/mol. The number of nitrogen functional groups attached to an aromatic ring is 1. The molecule has 1 saturated carbocycles. The highest BCUT2D eigenvalue weighted by Gasteiger charge is 2.48. The minimum absolute atomic E-state index is 0.140. The van der Waals surface area contributed by atoms with E-state index in [1.54, 1.807) is 36.8 Å². The van der Waals surface area contributed by atoms with Crippen molar-refractivity contribution in [2.75, 3.05) is 25.9 Å². The number of nitrogens with two attached hydrogens (primary N) is 1. The lowest BCUT2D eigenvalue weighted by Crippen LogP contribution is -2.48. The van der Waals surface area contributed by atoms with Gasteiger partial charge >= 0.3 is 0 Å². The van der Waals surface area contributed by atoms with E-state index in [4.69, 9.17) is 10.5 Å². The Morgan fingerprint density at radius 2 is 2.08 bits per heavy atom. The van der Waals surface area contributed by atoms with Gasteiger partial charge in [-0.3, -0.25) is 4.79 Å². The average molecular weight is 530 g/mol. The molecule has 2 aromatic heterocycles. The van der Waals surface area contributed by atoms with Crippen LogP contribution in [0.25, 0.3) is 10.1 Å². The molecule has 1 amide bonds. The maximum Gasteiger partial charge on any atom is 0.241 e. The highest BCUT2D eigenvalue weighted by Crippen LogP contribution is 2.49. The molecule has 1 aliphatic carbocycles. The van der Waals surface area contributed by atoms with E-state index in [0.29, 0.717) is 43.1 Å². The number of fused-ring (bicyclic) bond motifs is 1. The van der Waals surface area contributed by atoms with Crippen LogP contribution in [0.4, 0.5) is 5.95 Å². The van der Waals surface area contributed by atoms with Crippen LogP contribution in [0.2, 0.25) is 0 Å². The third kappa shape index (κ3) is 5.05. The van der Waals surface area contributed by atoms with Crippen LogP contribution < -0.4 is 15.2 Å². The molecule has 3 N–H and O–H groups in total. The molecule has 1 aromatic carbocycles. The molecule has 9 nitrogen and oxygen atoms in total. The number of nitrogens with one attached hydrogen (secondary N) is 1. The Morgan fingerprint density at radius 1 is 1.25 bits per heavy atom. The first-order valence-corrected chi connectivity index (χ1v) is 14.6. The van der Waals surface area contributed by atoms with Gasteiger partial charge in [-0.1, -0.05) is 6.92 Å². The molecule has 1 saturated heterocycles. The van der Waals surface area contributed by atoms with Crippen LogP contribution in [0.15, 0.2) is 40.7 Å². The van der Waals surface area contributed by atoms with Crippen LogP contribution in [-0.2, 0) is 21.2 Å². The Kier molecular flexibility index (Phi) is 6.88. The number of benzene rings is 1. The van der Waals surface area contributed by atoms with Gasteiger partial charge in [-0.05, 0) is 78.5 Å². The number of sulfonamides is 1. The van der Waals surface area contributed by atoms with E-state index in [2.05, 4.69) is 21.6 Å². The summed E-state index contributed by atoms with van der Waals surface area (Å²) in [5.41, 5.74) is 6.58. The number of aromatic nitrogens is 2. The molecule has 0 unspecified atom stereocenters. The Labute approximate surface area is 215 Å². The molecule has 192 valence electrons. The van der Waals surface area contributed by atoms with Crippen molar-refractivity contribution >= 4 is 43.3 Å². The normalized spacial score (nSPS) is 24.6. The van der Waals surface area contributed by atoms with Crippen LogP contribution in [0.1, 0.15) is 31.7 Å². The summed E-state index contributed by atoms with van der Waals surface area (Å²) in [4.78, 5) is 23.7. The summed E-state index contributed by atoms with van der Waals surface area (Å²) in [6.45, 7) is 3.44. The van der Waals surface area contributed by atoms with E-state index in [1.165, 1.54) is 0 Å². The number of likely N-dealkylation sites (tertiary alicyclic amines) is 1. The van der Waals surface area contributed by atoms with Gasteiger partial charge in [-0.15, -0.1) is 11.3 Å². The molecule has 3 heterocycles. The summed E-state index contributed by atoms with van der Waals surface area (Å²) in [6, 6.07) is 6.22. The molecule has 4 atom stereocenters. The first kappa shape index (κ1) is 24.9. The van der Waals surface area contributed by atoms with Crippen molar-refractivity contribution in [3.05, 3.63) is 41.4 Å². The van der Waals surface area contributed by atoms with E-state index in [9.17, 15) is 13.2 Å². The molecule has 0 radical (unpaired) electrons. The maximum atomic E-state index is 13.4. The molecule has 36 heavy (non-hydrogen) atoms. The largest absolute Gasteiger partial charge is 0.481 e. The zero-order valence-electron chi connectivity index (χ0n) is 20.4. The number of thiophene rings is 1. The second-order valence-electron chi connectivity index (χ2n) is 9.73. The zero-order valence-corrected chi connectivity index (χ0v) is 22.0. The van der Waals surface area contributed by atoms with E-state index < -0.39 is 16.1 Å². The van der Waals surface area contributed by atoms with E-state index in [0.717, 1.165) is 34.9 Å². The van der Waals surface area contributed by atoms with Gasteiger partial charge in [0.1, 0.15) is 6.04 Å². The fourth-order valence-corrected chi connectivity index (χ4v) is 7.30. The Morgan fingerprint density at radius 3 is 2.89 bits per heavy atom. The lowest BCUT2D eigenvalue weighted by atomic mass is 10.1. The fraction of sp³-hybridized carbons (Fsp3) is 0.480. The number of methoxy groups -OCH3 is 1. The van der Waals surface area contributed by atoms with Crippen LogP contribution in [0, 0.1) is 17.8 Å². The zero-order chi connectivity index (χ0) is 25.4. The Hall–Kier alpha value is -2.76. The number of nitrogens with zero attached hydrogens (tertiary/aromatic N) is 3. The summed E-state index contributed by atoms with van der Waals surface area (Å²) in [6.07, 6.45) is 4.61. The van der Waals surface area contributed by atoms with Crippen molar-refractivity contribution in [2.24, 2.45) is 17.8 Å². The van der Waals surface area contributed by atoms with Gasteiger partial charge in [-0.25, -0.2) is 13.4 Å².